The lowest BCUT2D eigenvalue weighted by atomic mass is 9.85. The number of ether oxygens (including phenoxy) is 2. The summed E-state index contributed by atoms with van der Waals surface area (Å²) in [5.74, 6) is 0.943. The number of esters is 1. The van der Waals surface area contributed by atoms with E-state index in [1.165, 1.54) is 29.5 Å². The van der Waals surface area contributed by atoms with E-state index in [1.54, 1.807) is 11.3 Å². The van der Waals surface area contributed by atoms with Gasteiger partial charge in [-0.15, -0.1) is 11.3 Å². The lowest BCUT2D eigenvalue weighted by Crippen LogP contribution is -2.13. The molecular formula is C22H26N2O3S. The predicted octanol–water partition coefficient (Wildman–Crippen LogP) is 5.36. The van der Waals surface area contributed by atoms with Crippen LogP contribution in [0.1, 0.15) is 61.9 Å². The fraction of sp³-hybridized carbons (Fsp3) is 0.455. The third kappa shape index (κ3) is 4.22. The van der Waals surface area contributed by atoms with Gasteiger partial charge in [-0.1, -0.05) is 12.8 Å². The minimum Gasteiger partial charge on any atom is -0.487 e. The second-order valence-electron chi connectivity index (χ2n) is 7.30. The van der Waals surface area contributed by atoms with Crippen molar-refractivity contribution in [2.24, 2.45) is 0 Å². The van der Waals surface area contributed by atoms with E-state index in [1.807, 2.05) is 23.9 Å². The van der Waals surface area contributed by atoms with E-state index in [4.69, 9.17) is 9.47 Å². The average Bonchev–Trinajstić information content (AvgIpc) is 3.30. The van der Waals surface area contributed by atoms with Crippen LogP contribution in [0.3, 0.4) is 0 Å². The molecule has 28 heavy (non-hydrogen) atoms. The summed E-state index contributed by atoms with van der Waals surface area (Å²) in [7, 11) is 0. The highest BCUT2D eigenvalue weighted by Crippen LogP contribution is 2.38. The van der Waals surface area contributed by atoms with Gasteiger partial charge in [0.1, 0.15) is 12.4 Å². The Kier molecular flexibility index (Phi) is 5.95. The van der Waals surface area contributed by atoms with Crippen molar-refractivity contribution in [2.45, 2.75) is 58.0 Å². The molecule has 0 bridgehead atoms. The molecule has 0 saturated carbocycles. The monoisotopic (exact) mass is 398 g/mol. The second-order valence-corrected chi connectivity index (χ2v) is 8.02. The molecule has 3 aromatic rings. The molecule has 2 heterocycles. The molecule has 1 aliphatic carbocycles. The van der Waals surface area contributed by atoms with E-state index in [0.29, 0.717) is 19.6 Å². The van der Waals surface area contributed by atoms with Gasteiger partial charge in [0.2, 0.25) is 0 Å². The Labute approximate surface area is 169 Å². The van der Waals surface area contributed by atoms with Crippen molar-refractivity contribution < 1.29 is 14.3 Å². The number of thiazole rings is 1. The third-order valence-electron chi connectivity index (χ3n) is 5.37. The SMILES string of the molecule is CCOC(=O)CC1CCCCCc2[nH]c3cc(OCc4cscn4)ccc3c21. The molecule has 1 aliphatic rings. The lowest BCUT2D eigenvalue weighted by molar-refractivity contribution is -0.143. The summed E-state index contributed by atoms with van der Waals surface area (Å²) >= 11 is 1.57. The van der Waals surface area contributed by atoms with Crippen molar-refractivity contribution in [1.29, 1.82) is 0 Å². The Bertz CT molecular complexity index is 933. The fourth-order valence-corrected chi connectivity index (χ4v) is 4.66. The Balaban J connectivity index is 1.62. The maximum atomic E-state index is 12.2. The van der Waals surface area contributed by atoms with Gasteiger partial charge in [0, 0.05) is 28.0 Å². The number of rotatable bonds is 6. The molecule has 4 rings (SSSR count). The van der Waals surface area contributed by atoms with Gasteiger partial charge in [0.05, 0.1) is 24.2 Å². The lowest BCUT2D eigenvalue weighted by Gasteiger charge is -2.20. The molecule has 148 valence electrons. The van der Waals surface area contributed by atoms with Crippen LogP contribution in [0.2, 0.25) is 0 Å². The Morgan fingerprint density at radius 2 is 2.25 bits per heavy atom. The maximum Gasteiger partial charge on any atom is 0.306 e. The largest absolute Gasteiger partial charge is 0.487 e. The summed E-state index contributed by atoms with van der Waals surface area (Å²) in [4.78, 5) is 20.0. The minimum atomic E-state index is -0.100. The molecule has 5 nitrogen and oxygen atoms in total. The molecule has 1 unspecified atom stereocenters. The Morgan fingerprint density at radius 3 is 3.07 bits per heavy atom. The van der Waals surface area contributed by atoms with Crippen LogP contribution in [-0.2, 0) is 22.6 Å². The molecule has 1 atom stereocenters. The van der Waals surface area contributed by atoms with Gasteiger partial charge in [-0.25, -0.2) is 4.98 Å². The number of aromatic nitrogens is 2. The van der Waals surface area contributed by atoms with Gasteiger partial charge >= 0.3 is 5.97 Å². The summed E-state index contributed by atoms with van der Waals surface area (Å²) < 4.78 is 11.1. The van der Waals surface area contributed by atoms with Gasteiger partial charge in [-0.05, 0) is 49.8 Å². The van der Waals surface area contributed by atoms with Crippen LogP contribution >= 0.6 is 11.3 Å². The minimum absolute atomic E-state index is 0.100. The number of nitrogens with one attached hydrogen (secondary N) is 1. The summed E-state index contributed by atoms with van der Waals surface area (Å²) in [5.41, 5.74) is 6.40. The molecule has 0 amide bonds. The standard InChI is InChI=1S/C22H26N2O3S/c1-2-26-21(25)10-15-6-4-3-5-7-19-22(15)18-9-8-17(11-20(18)24-19)27-12-16-13-28-14-23-16/h8-9,11,13-15,24H,2-7,10,12H2,1H3. The molecule has 0 radical (unpaired) electrons. The summed E-state index contributed by atoms with van der Waals surface area (Å²) in [6.45, 7) is 2.77. The summed E-state index contributed by atoms with van der Waals surface area (Å²) in [5, 5.41) is 3.20. The number of fused-ring (bicyclic) bond motifs is 3. The molecular weight excluding hydrogens is 372 g/mol. The number of aromatic amines is 1. The van der Waals surface area contributed by atoms with Gasteiger partial charge < -0.3 is 14.5 Å². The molecule has 1 N–H and O–H groups in total. The smallest absolute Gasteiger partial charge is 0.306 e. The zero-order chi connectivity index (χ0) is 19.3. The molecule has 0 spiro atoms. The molecule has 0 aliphatic heterocycles. The number of carbonyl (C=O) groups excluding carboxylic acids is 1. The second kappa shape index (κ2) is 8.78. The van der Waals surface area contributed by atoms with Crippen LogP contribution in [0, 0.1) is 0 Å². The van der Waals surface area contributed by atoms with Gasteiger partial charge in [-0.3, -0.25) is 4.79 Å². The van der Waals surface area contributed by atoms with Crippen LogP contribution in [-0.4, -0.2) is 22.5 Å². The molecule has 0 saturated heterocycles. The first kappa shape index (κ1) is 19.0. The van der Waals surface area contributed by atoms with Crippen LogP contribution in [0.5, 0.6) is 5.75 Å². The van der Waals surface area contributed by atoms with E-state index in [0.717, 1.165) is 36.2 Å². The van der Waals surface area contributed by atoms with Crippen molar-refractivity contribution >= 4 is 28.2 Å². The first-order valence-electron chi connectivity index (χ1n) is 10.0. The first-order chi connectivity index (χ1) is 13.7. The Morgan fingerprint density at radius 1 is 1.32 bits per heavy atom. The van der Waals surface area contributed by atoms with Crippen molar-refractivity contribution in [3.63, 3.8) is 0 Å². The van der Waals surface area contributed by atoms with Gasteiger partial charge in [0.15, 0.2) is 0 Å². The number of hydrogen-bond donors (Lipinski definition) is 1. The molecule has 2 aromatic heterocycles. The summed E-state index contributed by atoms with van der Waals surface area (Å²) in [6, 6.07) is 6.21. The van der Waals surface area contributed by atoms with Crippen LogP contribution in [0.15, 0.2) is 29.1 Å². The normalized spacial score (nSPS) is 17.0. The van der Waals surface area contributed by atoms with E-state index >= 15 is 0 Å². The third-order valence-corrected chi connectivity index (χ3v) is 6.00. The van der Waals surface area contributed by atoms with Crippen molar-refractivity contribution in [3.8, 4) is 5.75 Å². The van der Waals surface area contributed by atoms with E-state index in [2.05, 4.69) is 22.1 Å². The highest BCUT2D eigenvalue weighted by Gasteiger charge is 2.25. The fourth-order valence-electron chi connectivity index (χ4n) is 4.11. The predicted molar refractivity (Wildman–Crippen MR) is 111 cm³/mol. The van der Waals surface area contributed by atoms with Crippen molar-refractivity contribution in [3.05, 3.63) is 46.0 Å². The van der Waals surface area contributed by atoms with E-state index < -0.39 is 0 Å². The highest BCUT2D eigenvalue weighted by atomic mass is 32.1. The molecule has 1 aromatic carbocycles. The maximum absolute atomic E-state index is 12.2. The summed E-state index contributed by atoms with van der Waals surface area (Å²) in [6.07, 6.45) is 6.05. The zero-order valence-corrected chi connectivity index (χ0v) is 17.0. The van der Waals surface area contributed by atoms with Crippen molar-refractivity contribution in [1.82, 2.24) is 9.97 Å². The number of nitrogens with zero attached hydrogens (tertiary/aromatic N) is 1. The Hall–Kier alpha value is -2.34. The average molecular weight is 399 g/mol. The molecule has 6 heteroatoms. The zero-order valence-electron chi connectivity index (χ0n) is 16.2. The van der Waals surface area contributed by atoms with Gasteiger partial charge in [-0.2, -0.15) is 0 Å². The quantitative estimate of drug-likeness (QED) is 0.568. The number of benzene rings is 1. The number of hydrogen-bond acceptors (Lipinski definition) is 5. The number of aryl methyl sites for hydroxylation is 1. The van der Waals surface area contributed by atoms with Crippen LogP contribution < -0.4 is 4.74 Å². The van der Waals surface area contributed by atoms with Crippen molar-refractivity contribution in [2.75, 3.05) is 6.61 Å². The van der Waals surface area contributed by atoms with E-state index in [9.17, 15) is 4.79 Å². The number of carbonyl (C=O) groups is 1. The van der Waals surface area contributed by atoms with Gasteiger partial charge in [0.25, 0.3) is 0 Å². The molecule has 0 fully saturated rings. The first-order valence-corrected chi connectivity index (χ1v) is 11.0. The van der Waals surface area contributed by atoms with Crippen LogP contribution in [0.25, 0.3) is 10.9 Å². The van der Waals surface area contributed by atoms with E-state index in [-0.39, 0.29) is 11.9 Å². The number of H-pyrrole nitrogens is 1. The van der Waals surface area contributed by atoms with Crippen LogP contribution in [0.4, 0.5) is 0 Å². The highest BCUT2D eigenvalue weighted by molar-refractivity contribution is 7.07. The topological polar surface area (TPSA) is 64.2 Å².